The number of thiazole rings is 1. The summed E-state index contributed by atoms with van der Waals surface area (Å²) in [5, 5.41) is 12.0. The van der Waals surface area contributed by atoms with Gasteiger partial charge in [0.2, 0.25) is 0 Å². The first-order valence-corrected chi connectivity index (χ1v) is 8.35. The molecular formula is C20H15FN2S. The van der Waals surface area contributed by atoms with Crippen molar-refractivity contribution < 1.29 is 4.39 Å². The molecule has 0 aliphatic rings. The largest absolute Gasteiger partial charge is 0.235 e. The highest BCUT2D eigenvalue weighted by atomic mass is 32.1. The van der Waals surface area contributed by atoms with Gasteiger partial charge in [-0.25, -0.2) is 9.37 Å². The molecule has 118 valence electrons. The van der Waals surface area contributed by atoms with E-state index in [-0.39, 0.29) is 5.82 Å². The number of hydrogen-bond acceptors (Lipinski definition) is 3. The first kappa shape index (κ1) is 16.1. The van der Waals surface area contributed by atoms with E-state index >= 15 is 0 Å². The Morgan fingerprint density at radius 1 is 1.12 bits per heavy atom. The lowest BCUT2D eigenvalue weighted by Gasteiger charge is -2.02. The van der Waals surface area contributed by atoms with Gasteiger partial charge in [-0.1, -0.05) is 24.3 Å². The maximum atomic E-state index is 13.0. The van der Waals surface area contributed by atoms with Crippen LogP contribution in [0.5, 0.6) is 0 Å². The van der Waals surface area contributed by atoms with Crippen molar-refractivity contribution in [3.05, 3.63) is 75.4 Å². The van der Waals surface area contributed by atoms with Gasteiger partial charge < -0.3 is 0 Å². The fourth-order valence-corrected chi connectivity index (χ4v) is 3.09. The molecule has 0 atom stereocenters. The van der Waals surface area contributed by atoms with Crippen LogP contribution in [0.1, 0.15) is 21.7 Å². The lowest BCUT2D eigenvalue weighted by Crippen LogP contribution is -1.85. The third kappa shape index (κ3) is 3.42. The van der Waals surface area contributed by atoms with E-state index in [4.69, 9.17) is 0 Å². The molecule has 0 aliphatic carbocycles. The summed E-state index contributed by atoms with van der Waals surface area (Å²) in [7, 11) is 0. The Morgan fingerprint density at radius 3 is 2.54 bits per heavy atom. The van der Waals surface area contributed by atoms with Crippen molar-refractivity contribution in [1.29, 1.82) is 5.26 Å². The van der Waals surface area contributed by atoms with E-state index in [1.165, 1.54) is 34.6 Å². The number of hydrogen-bond donors (Lipinski definition) is 0. The third-order valence-corrected chi connectivity index (χ3v) is 4.71. The van der Waals surface area contributed by atoms with Gasteiger partial charge in [-0.05, 0) is 54.8 Å². The van der Waals surface area contributed by atoms with Crippen LogP contribution >= 0.6 is 11.3 Å². The molecule has 1 aromatic heterocycles. The second kappa shape index (κ2) is 6.77. The molecule has 0 fully saturated rings. The Hall–Kier alpha value is -2.77. The fourth-order valence-electron chi connectivity index (χ4n) is 2.30. The SMILES string of the molecule is Cc1ccc(-c2csc(C(C#N)=Cc3ccc(F)cc3)n2)cc1C. The van der Waals surface area contributed by atoms with Crippen LogP contribution in [-0.4, -0.2) is 4.98 Å². The van der Waals surface area contributed by atoms with Crippen molar-refractivity contribution in [2.24, 2.45) is 0 Å². The highest BCUT2D eigenvalue weighted by Crippen LogP contribution is 2.28. The predicted octanol–water partition coefficient (Wildman–Crippen LogP) is 5.63. The third-order valence-electron chi connectivity index (χ3n) is 3.84. The van der Waals surface area contributed by atoms with E-state index in [0.717, 1.165) is 16.8 Å². The van der Waals surface area contributed by atoms with Gasteiger partial charge >= 0.3 is 0 Å². The molecule has 24 heavy (non-hydrogen) atoms. The number of aryl methyl sites for hydroxylation is 2. The number of allylic oxidation sites excluding steroid dienone is 1. The molecule has 0 unspecified atom stereocenters. The second-order valence-electron chi connectivity index (χ2n) is 5.56. The molecule has 0 saturated heterocycles. The molecule has 0 bridgehead atoms. The molecule has 0 saturated carbocycles. The Balaban J connectivity index is 1.94. The molecule has 0 spiro atoms. The second-order valence-corrected chi connectivity index (χ2v) is 6.42. The smallest absolute Gasteiger partial charge is 0.134 e. The number of aromatic nitrogens is 1. The van der Waals surface area contributed by atoms with E-state index in [9.17, 15) is 9.65 Å². The van der Waals surface area contributed by atoms with Gasteiger partial charge in [-0.2, -0.15) is 5.26 Å². The van der Waals surface area contributed by atoms with Crippen LogP contribution in [0.4, 0.5) is 4.39 Å². The van der Waals surface area contributed by atoms with Crippen LogP contribution in [0, 0.1) is 31.0 Å². The van der Waals surface area contributed by atoms with Gasteiger partial charge in [0, 0.05) is 10.9 Å². The number of nitriles is 1. The number of nitrogens with zero attached hydrogens (tertiary/aromatic N) is 2. The molecule has 2 nitrogen and oxygen atoms in total. The van der Waals surface area contributed by atoms with Crippen LogP contribution in [0.25, 0.3) is 22.9 Å². The minimum absolute atomic E-state index is 0.295. The van der Waals surface area contributed by atoms with E-state index in [0.29, 0.717) is 10.6 Å². The van der Waals surface area contributed by atoms with Crippen LogP contribution < -0.4 is 0 Å². The summed E-state index contributed by atoms with van der Waals surface area (Å²) in [6.07, 6.45) is 1.72. The van der Waals surface area contributed by atoms with Crippen molar-refractivity contribution in [2.75, 3.05) is 0 Å². The Labute approximate surface area is 144 Å². The predicted molar refractivity (Wildman–Crippen MR) is 96.9 cm³/mol. The maximum absolute atomic E-state index is 13.0. The molecule has 1 heterocycles. The Kier molecular flexibility index (Phi) is 4.54. The van der Waals surface area contributed by atoms with Crippen LogP contribution in [0.2, 0.25) is 0 Å². The number of benzene rings is 2. The highest BCUT2D eigenvalue weighted by molar-refractivity contribution is 7.11. The zero-order chi connectivity index (χ0) is 17.1. The topological polar surface area (TPSA) is 36.7 Å². The molecule has 0 amide bonds. The molecule has 3 rings (SSSR count). The van der Waals surface area contributed by atoms with Crippen molar-refractivity contribution in [2.45, 2.75) is 13.8 Å². The average Bonchev–Trinajstić information content (AvgIpc) is 3.06. The van der Waals surface area contributed by atoms with Crippen molar-refractivity contribution in [3.63, 3.8) is 0 Å². The van der Waals surface area contributed by atoms with E-state index in [1.807, 2.05) is 11.4 Å². The van der Waals surface area contributed by atoms with Gasteiger partial charge in [0.25, 0.3) is 0 Å². The summed E-state index contributed by atoms with van der Waals surface area (Å²) in [6.45, 7) is 4.14. The van der Waals surface area contributed by atoms with Crippen molar-refractivity contribution >= 4 is 23.0 Å². The van der Waals surface area contributed by atoms with Gasteiger partial charge in [0.15, 0.2) is 0 Å². The number of halogens is 1. The molecule has 2 aromatic carbocycles. The molecule has 4 heteroatoms. The standard InChI is InChI=1S/C20H15FN2S/c1-13-3-6-16(9-14(13)2)19-12-24-20(23-19)17(11-22)10-15-4-7-18(21)8-5-15/h3-10,12H,1-2H3. The lowest BCUT2D eigenvalue weighted by atomic mass is 10.1. The first-order valence-electron chi connectivity index (χ1n) is 7.48. The van der Waals surface area contributed by atoms with Crippen molar-refractivity contribution in [3.8, 4) is 17.3 Å². The summed E-state index contributed by atoms with van der Waals surface area (Å²) in [5.74, 6) is -0.295. The van der Waals surface area contributed by atoms with Crippen LogP contribution in [0.3, 0.4) is 0 Å². The fraction of sp³-hybridized carbons (Fsp3) is 0.100. The highest BCUT2D eigenvalue weighted by Gasteiger charge is 2.10. The normalized spacial score (nSPS) is 11.3. The molecule has 0 N–H and O–H groups in total. The van der Waals surface area contributed by atoms with E-state index in [2.05, 4.69) is 37.0 Å². The van der Waals surface area contributed by atoms with Crippen molar-refractivity contribution in [1.82, 2.24) is 4.98 Å². The summed E-state index contributed by atoms with van der Waals surface area (Å²) < 4.78 is 13.0. The Morgan fingerprint density at radius 2 is 1.88 bits per heavy atom. The van der Waals surface area contributed by atoms with E-state index < -0.39 is 0 Å². The summed E-state index contributed by atoms with van der Waals surface area (Å²) >= 11 is 1.43. The monoisotopic (exact) mass is 334 g/mol. The minimum atomic E-state index is -0.295. The molecule has 0 radical (unpaired) electrons. The molecule has 0 aliphatic heterocycles. The van der Waals surface area contributed by atoms with Crippen LogP contribution in [-0.2, 0) is 0 Å². The number of rotatable bonds is 3. The van der Waals surface area contributed by atoms with Gasteiger partial charge in [0.1, 0.15) is 16.9 Å². The first-order chi connectivity index (χ1) is 11.6. The average molecular weight is 334 g/mol. The summed E-state index contributed by atoms with van der Waals surface area (Å²) in [6, 6.07) is 14.4. The molecule has 3 aromatic rings. The zero-order valence-electron chi connectivity index (χ0n) is 13.4. The minimum Gasteiger partial charge on any atom is -0.235 e. The van der Waals surface area contributed by atoms with Crippen LogP contribution in [0.15, 0.2) is 47.8 Å². The van der Waals surface area contributed by atoms with Gasteiger partial charge in [-0.15, -0.1) is 11.3 Å². The zero-order valence-corrected chi connectivity index (χ0v) is 14.2. The van der Waals surface area contributed by atoms with E-state index in [1.54, 1.807) is 18.2 Å². The van der Waals surface area contributed by atoms with Gasteiger partial charge in [-0.3, -0.25) is 0 Å². The lowest BCUT2D eigenvalue weighted by molar-refractivity contribution is 0.628. The summed E-state index contributed by atoms with van der Waals surface area (Å²) in [5.41, 5.74) is 5.60. The quantitative estimate of drug-likeness (QED) is 0.582. The maximum Gasteiger partial charge on any atom is 0.134 e. The van der Waals surface area contributed by atoms with Gasteiger partial charge in [0.05, 0.1) is 11.3 Å². The summed E-state index contributed by atoms with van der Waals surface area (Å²) in [4.78, 5) is 4.59. The molecular weight excluding hydrogens is 319 g/mol. The Bertz CT molecular complexity index is 947.